The van der Waals surface area contributed by atoms with Gasteiger partial charge in [-0.25, -0.2) is 4.79 Å². The lowest BCUT2D eigenvalue weighted by Crippen LogP contribution is -2.40. The molecule has 2 rings (SSSR count). The van der Waals surface area contributed by atoms with Gasteiger partial charge in [-0.05, 0) is 12.6 Å². The predicted octanol–water partition coefficient (Wildman–Crippen LogP) is 0.673. The fourth-order valence-corrected chi connectivity index (χ4v) is 1.91. The number of likely N-dealkylation sites (N-methyl/N-ethyl adjacent to an activating group) is 1. The minimum absolute atomic E-state index is 0.109. The van der Waals surface area contributed by atoms with Crippen molar-refractivity contribution in [2.24, 2.45) is 0 Å². The van der Waals surface area contributed by atoms with Crippen LogP contribution in [0.2, 0.25) is 0 Å². The molecular weight excluding hydrogens is 192 g/mol. The van der Waals surface area contributed by atoms with Crippen LogP contribution in [0.5, 0.6) is 0 Å². The smallest absolute Gasteiger partial charge is 0.335 e. The number of carbonyl (C=O) groups is 1. The van der Waals surface area contributed by atoms with Gasteiger partial charge in [-0.15, -0.1) is 0 Å². The van der Waals surface area contributed by atoms with Gasteiger partial charge in [-0.2, -0.15) is 0 Å². The number of carboxylic acid groups (broad SMARTS) is 1. The largest absolute Gasteiger partial charge is 0.479 e. The summed E-state index contributed by atoms with van der Waals surface area (Å²) in [4.78, 5) is 12.7. The van der Waals surface area contributed by atoms with Crippen molar-refractivity contribution in [2.45, 2.75) is 12.2 Å². The van der Waals surface area contributed by atoms with E-state index in [-0.39, 0.29) is 6.04 Å². The molecule has 0 radical (unpaired) electrons. The predicted molar refractivity (Wildman–Crippen MR) is 56.4 cm³/mol. The molecule has 1 aromatic carbocycles. The van der Waals surface area contributed by atoms with E-state index in [4.69, 9.17) is 5.11 Å². The number of nitrogens with one attached hydrogen (secondary N) is 1. The first-order valence-electron chi connectivity index (χ1n) is 4.92. The molecule has 1 heterocycles. The molecule has 1 aliphatic rings. The Bertz CT molecular complexity index is 353. The summed E-state index contributed by atoms with van der Waals surface area (Å²) in [6.07, 6.45) is -0.574. The van der Waals surface area contributed by atoms with E-state index in [0.29, 0.717) is 0 Å². The van der Waals surface area contributed by atoms with Gasteiger partial charge in [0, 0.05) is 12.6 Å². The molecule has 2 N–H and O–H groups in total. The normalized spacial score (nSPS) is 26.7. The Kier molecular flexibility index (Phi) is 2.70. The summed E-state index contributed by atoms with van der Waals surface area (Å²) in [5.41, 5.74) is 1.13. The molecule has 4 heteroatoms. The van der Waals surface area contributed by atoms with Crippen molar-refractivity contribution in [3.8, 4) is 0 Å². The number of nitrogens with zero attached hydrogens (tertiary/aromatic N) is 1. The molecule has 1 aliphatic heterocycles. The molecule has 15 heavy (non-hydrogen) atoms. The highest BCUT2D eigenvalue weighted by molar-refractivity contribution is 5.73. The van der Waals surface area contributed by atoms with E-state index in [1.54, 1.807) is 4.90 Å². The minimum atomic E-state index is -0.823. The summed E-state index contributed by atoms with van der Waals surface area (Å²) in [5, 5.41) is 12.0. The lowest BCUT2D eigenvalue weighted by atomic mass is 10.1. The third-order valence-corrected chi connectivity index (χ3v) is 2.71. The maximum Gasteiger partial charge on any atom is 0.335 e. The van der Waals surface area contributed by atoms with Gasteiger partial charge < -0.3 is 5.11 Å². The van der Waals surface area contributed by atoms with Crippen LogP contribution in [0.3, 0.4) is 0 Å². The molecule has 0 saturated carbocycles. The summed E-state index contributed by atoms with van der Waals surface area (Å²) in [6, 6.07) is 10.0. The van der Waals surface area contributed by atoms with Gasteiger partial charge >= 0.3 is 5.97 Å². The average molecular weight is 206 g/mol. The molecule has 0 spiro atoms. The number of benzene rings is 1. The molecule has 0 aromatic heterocycles. The zero-order chi connectivity index (χ0) is 10.8. The van der Waals surface area contributed by atoms with Crippen LogP contribution in [-0.2, 0) is 4.79 Å². The van der Waals surface area contributed by atoms with Gasteiger partial charge in [0.15, 0.2) is 6.17 Å². The number of hydrogen-bond donors (Lipinski definition) is 2. The number of carboxylic acids is 1. The van der Waals surface area contributed by atoms with Gasteiger partial charge in [0.1, 0.15) is 0 Å². The highest BCUT2D eigenvalue weighted by Crippen LogP contribution is 2.20. The molecule has 0 bridgehead atoms. The molecular formula is C11H14N2O2. The molecule has 1 fully saturated rings. The third kappa shape index (κ3) is 2.00. The Morgan fingerprint density at radius 1 is 1.47 bits per heavy atom. The van der Waals surface area contributed by atoms with Crippen molar-refractivity contribution >= 4 is 5.97 Å². The fourth-order valence-electron chi connectivity index (χ4n) is 1.91. The van der Waals surface area contributed by atoms with Crippen molar-refractivity contribution in [2.75, 3.05) is 13.6 Å². The Hall–Kier alpha value is -1.39. The standard InChI is InChI=1S/C11H14N2O2/c1-13-7-9(12-10(13)11(14)15)8-5-3-2-4-6-8/h2-6,9-10,12H,7H2,1H3,(H,14,15)/t9-,10?/m0/s1. The van der Waals surface area contributed by atoms with Crippen LogP contribution < -0.4 is 5.32 Å². The van der Waals surface area contributed by atoms with Gasteiger partial charge in [-0.1, -0.05) is 30.3 Å². The van der Waals surface area contributed by atoms with Crippen LogP contribution in [0.15, 0.2) is 30.3 Å². The molecule has 2 atom stereocenters. The van der Waals surface area contributed by atoms with Crippen molar-refractivity contribution in [1.82, 2.24) is 10.2 Å². The first kappa shape index (κ1) is 10.1. The summed E-state index contributed by atoms with van der Waals surface area (Å²) < 4.78 is 0. The molecule has 80 valence electrons. The van der Waals surface area contributed by atoms with E-state index in [1.807, 2.05) is 37.4 Å². The van der Waals surface area contributed by atoms with Gasteiger partial charge in [0.2, 0.25) is 0 Å². The SMILES string of the molecule is CN1C[C@@H](c2ccccc2)NC1C(=O)O. The maximum absolute atomic E-state index is 10.9. The Morgan fingerprint density at radius 3 is 2.67 bits per heavy atom. The zero-order valence-corrected chi connectivity index (χ0v) is 8.55. The minimum Gasteiger partial charge on any atom is -0.479 e. The van der Waals surface area contributed by atoms with E-state index < -0.39 is 12.1 Å². The molecule has 1 saturated heterocycles. The van der Waals surface area contributed by atoms with Crippen LogP contribution in [0.1, 0.15) is 11.6 Å². The van der Waals surface area contributed by atoms with E-state index >= 15 is 0 Å². The number of aliphatic carboxylic acids is 1. The molecule has 0 aliphatic carbocycles. The molecule has 0 amide bonds. The Morgan fingerprint density at radius 2 is 2.13 bits per heavy atom. The van der Waals surface area contributed by atoms with Crippen LogP contribution in [0.4, 0.5) is 0 Å². The maximum atomic E-state index is 10.9. The quantitative estimate of drug-likeness (QED) is 0.747. The molecule has 1 unspecified atom stereocenters. The topological polar surface area (TPSA) is 52.6 Å². The lowest BCUT2D eigenvalue weighted by Gasteiger charge is -2.12. The van der Waals surface area contributed by atoms with Crippen LogP contribution >= 0.6 is 0 Å². The van der Waals surface area contributed by atoms with Crippen molar-refractivity contribution in [3.63, 3.8) is 0 Å². The van der Waals surface area contributed by atoms with Gasteiger partial charge in [-0.3, -0.25) is 10.2 Å². The summed E-state index contributed by atoms with van der Waals surface area (Å²) >= 11 is 0. The van der Waals surface area contributed by atoms with E-state index in [1.165, 1.54) is 0 Å². The number of rotatable bonds is 2. The molecule has 1 aromatic rings. The fraction of sp³-hybridized carbons (Fsp3) is 0.364. The highest BCUT2D eigenvalue weighted by Gasteiger charge is 2.33. The third-order valence-electron chi connectivity index (χ3n) is 2.71. The monoisotopic (exact) mass is 206 g/mol. The van der Waals surface area contributed by atoms with Crippen LogP contribution in [-0.4, -0.2) is 35.7 Å². The first-order chi connectivity index (χ1) is 7.18. The van der Waals surface area contributed by atoms with E-state index in [9.17, 15) is 4.79 Å². The second-order valence-corrected chi connectivity index (χ2v) is 3.81. The van der Waals surface area contributed by atoms with Crippen molar-refractivity contribution < 1.29 is 9.90 Å². The lowest BCUT2D eigenvalue weighted by molar-refractivity contribution is -0.142. The summed E-state index contributed by atoms with van der Waals surface area (Å²) in [6.45, 7) is 0.723. The zero-order valence-electron chi connectivity index (χ0n) is 8.55. The highest BCUT2D eigenvalue weighted by atomic mass is 16.4. The van der Waals surface area contributed by atoms with Crippen molar-refractivity contribution in [1.29, 1.82) is 0 Å². The Labute approximate surface area is 88.5 Å². The van der Waals surface area contributed by atoms with Crippen molar-refractivity contribution in [3.05, 3.63) is 35.9 Å². The van der Waals surface area contributed by atoms with E-state index in [2.05, 4.69) is 5.32 Å². The second kappa shape index (κ2) is 4.00. The van der Waals surface area contributed by atoms with Crippen LogP contribution in [0.25, 0.3) is 0 Å². The van der Waals surface area contributed by atoms with E-state index in [0.717, 1.165) is 12.1 Å². The van der Waals surface area contributed by atoms with Crippen LogP contribution in [0, 0.1) is 0 Å². The Balaban J connectivity index is 2.13. The second-order valence-electron chi connectivity index (χ2n) is 3.81. The first-order valence-corrected chi connectivity index (χ1v) is 4.92. The average Bonchev–Trinajstić information content (AvgIpc) is 2.62. The number of hydrogen-bond acceptors (Lipinski definition) is 3. The van der Waals surface area contributed by atoms with Gasteiger partial charge in [0.05, 0.1) is 0 Å². The van der Waals surface area contributed by atoms with Gasteiger partial charge in [0.25, 0.3) is 0 Å². The summed E-state index contributed by atoms with van der Waals surface area (Å²) in [5.74, 6) is -0.823. The summed E-state index contributed by atoms with van der Waals surface area (Å²) in [7, 11) is 1.81. The molecule has 4 nitrogen and oxygen atoms in total.